The molecule has 1 saturated carbocycles. The van der Waals surface area contributed by atoms with Gasteiger partial charge in [0.05, 0.1) is 34.0 Å². The van der Waals surface area contributed by atoms with Gasteiger partial charge in [-0.25, -0.2) is 4.98 Å². The van der Waals surface area contributed by atoms with Gasteiger partial charge in [-0.2, -0.15) is 0 Å². The van der Waals surface area contributed by atoms with E-state index in [0.717, 1.165) is 49.6 Å². The zero-order chi connectivity index (χ0) is 20.2. The van der Waals surface area contributed by atoms with Crippen molar-refractivity contribution in [2.75, 3.05) is 40.5 Å². The van der Waals surface area contributed by atoms with E-state index in [1.165, 1.54) is 4.70 Å². The summed E-state index contributed by atoms with van der Waals surface area (Å²) < 4.78 is 12.2. The summed E-state index contributed by atoms with van der Waals surface area (Å²) >= 11 is 1.68. The van der Waals surface area contributed by atoms with E-state index < -0.39 is 0 Å². The third-order valence-corrected chi connectivity index (χ3v) is 7.45. The maximum absolute atomic E-state index is 12.6. The molecule has 1 aliphatic carbocycles. The van der Waals surface area contributed by atoms with E-state index in [4.69, 9.17) is 9.47 Å². The van der Waals surface area contributed by atoms with Crippen LogP contribution in [0.2, 0.25) is 0 Å². The number of ether oxygens (including phenoxy) is 2. The van der Waals surface area contributed by atoms with E-state index in [1.54, 1.807) is 25.6 Å². The quantitative estimate of drug-likeness (QED) is 0.716. The molecule has 0 bridgehead atoms. The molecule has 6 nitrogen and oxygen atoms in total. The number of amides is 1. The summed E-state index contributed by atoms with van der Waals surface area (Å²) in [5.41, 5.74) is 1.02. The molecule has 1 saturated heterocycles. The smallest absolute Gasteiger partial charge is 0.220 e. The SMILES string of the molecule is COCCN1C[C@H]2C[C@H](OC)[C@@H](NC(=O)CCc3nc4ccccc4s3)C[C@H]2C1. The van der Waals surface area contributed by atoms with Crippen LogP contribution in [0.25, 0.3) is 10.2 Å². The first-order valence-corrected chi connectivity index (χ1v) is 11.4. The Bertz CT molecular complexity index is 793. The van der Waals surface area contributed by atoms with E-state index >= 15 is 0 Å². The zero-order valence-electron chi connectivity index (χ0n) is 17.3. The van der Waals surface area contributed by atoms with Crippen molar-refractivity contribution in [3.63, 3.8) is 0 Å². The lowest BCUT2D eigenvalue weighted by Crippen LogP contribution is -2.50. The van der Waals surface area contributed by atoms with Crippen molar-refractivity contribution in [1.29, 1.82) is 0 Å². The normalized spacial score (nSPS) is 27.2. The van der Waals surface area contributed by atoms with Crippen LogP contribution in [0.5, 0.6) is 0 Å². The molecule has 1 N–H and O–H groups in total. The van der Waals surface area contributed by atoms with Crippen LogP contribution in [0.1, 0.15) is 24.3 Å². The maximum atomic E-state index is 12.6. The van der Waals surface area contributed by atoms with Crippen LogP contribution in [0.3, 0.4) is 0 Å². The van der Waals surface area contributed by atoms with Gasteiger partial charge in [0.25, 0.3) is 0 Å². The van der Waals surface area contributed by atoms with E-state index in [0.29, 0.717) is 24.7 Å². The summed E-state index contributed by atoms with van der Waals surface area (Å²) in [7, 11) is 3.52. The topological polar surface area (TPSA) is 63.7 Å². The number of aromatic nitrogens is 1. The molecule has 1 aromatic heterocycles. The van der Waals surface area contributed by atoms with Gasteiger partial charge in [-0.05, 0) is 36.8 Å². The first-order valence-electron chi connectivity index (χ1n) is 10.5. The summed E-state index contributed by atoms with van der Waals surface area (Å²) in [5.74, 6) is 1.39. The molecule has 2 aliphatic rings. The molecule has 158 valence electrons. The number of carbonyl (C=O) groups is 1. The number of methoxy groups -OCH3 is 2. The second kappa shape index (κ2) is 9.51. The van der Waals surface area contributed by atoms with Gasteiger partial charge in [0.15, 0.2) is 0 Å². The third kappa shape index (κ3) is 4.97. The Morgan fingerprint density at radius 2 is 2.03 bits per heavy atom. The molecule has 7 heteroatoms. The van der Waals surface area contributed by atoms with Gasteiger partial charge in [0.1, 0.15) is 0 Å². The van der Waals surface area contributed by atoms with Gasteiger partial charge in [0.2, 0.25) is 5.91 Å². The molecule has 2 heterocycles. The Hall–Kier alpha value is -1.54. The Morgan fingerprint density at radius 1 is 1.24 bits per heavy atom. The first kappa shape index (κ1) is 20.7. The predicted octanol–water partition coefficient (Wildman–Crippen LogP) is 2.72. The largest absolute Gasteiger partial charge is 0.383 e. The van der Waals surface area contributed by atoms with Crippen molar-refractivity contribution in [2.45, 2.75) is 37.8 Å². The number of aryl methyl sites for hydroxylation is 1. The minimum atomic E-state index is 0.101. The average Bonchev–Trinajstić information content (AvgIpc) is 3.32. The number of fused-ring (bicyclic) bond motifs is 2. The van der Waals surface area contributed by atoms with Gasteiger partial charge in [-0.3, -0.25) is 4.79 Å². The highest BCUT2D eigenvalue weighted by Gasteiger charge is 2.42. The van der Waals surface area contributed by atoms with E-state index in [-0.39, 0.29) is 18.1 Å². The standard InChI is InChI=1S/C22H31N3O3S/c1-27-10-9-25-13-15-11-18(19(28-2)12-16(15)14-25)23-21(26)7-8-22-24-17-5-3-4-6-20(17)29-22/h3-6,15-16,18-19H,7-14H2,1-2H3,(H,23,26)/t15-,16+,18-,19-/m0/s1. The molecule has 1 aromatic carbocycles. The number of nitrogens with zero attached hydrogens (tertiary/aromatic N) is 2. The molecule has 2 fully saturated rings. The van der Waals surface area contributed by atoms with Crippen LogP contribution in [0.4, 0.5) is 0 Å². The van der Waals surface area contributed by atoms with E-state index in [1.807, 2.05) is 18.2 Å². The van der Waals surface area contributed by atoms with Crippen molar-refractivity contribution in [1.82, 2.24) is 15.2 Å². The summed E-state index contributed by atoms with van der Waals surface area (Å²) in [6.07, 6.45) is 3.28. The first-order chi connectivity index (χ1) is 14.2. The summed E-state index contributed by atoms with van der Waals surface area (Å²) in [4.78, 5) is 19.8. The van der Waals surface area contributed by atoms with Crippen molar-refractivity contribution in [3.05, 3.63) is 29.3 Å². The molecule has 0 radical (unpaired) electrons. The monoisotopic (exact) mass is 417 g/mol. The molecular formula is C22H31N3O3S. The average molecular weight is 418 g/mol. The maximum Gasteiger partial charge on any atom is 0.220 e. The number of benzene rings is 1. The lowest BCUT2D eigenvalue weighted by molar-refractivity contribution is -0.123. The van der Waals surface area contributed by atoms with E-state index in [2.05, 4.69) is 21.3 Å². The van der Waals surface area contributed by atoms with Crippen LogP contribution in [-0.2, 0) is 20.7 Å². The minimum absolute atomic E-state index is 0.101. The van der Waals surface area contributed by atoms with Crippen molar-refractivity contribution in [2.24, 2.45) is 11.8 Å². The molecule has 4 atom stereocenters. The molecule has 4 rings (SSSR count). The molecule has 0 unspecified atom stereocenters. The Labute approximate surface area is 176 Å². The fourth-order valence-electron chi connectivity index (χ4n) is 4.85. The highest BCUT2D eigenvalue weighted by molar-refractivity contribution is 7.18. The Balaban J connectivity index is 1.30. The molecule has 0 spiro atoms. The van der Waals surface area contributed by atoms with Crippen molar-refractivity contribution in [3.8, 4) is 0 Å². The van der Waals surface area contributed by atoms with Crippen LogP contribution < -0.4 is 5.32 Å². The Morgan fingerprint density at radius 3 is 2.79 bits per heavy atom. The summed E-state index contributed by atoms with van der Waals surface area (Å²) in [5, 5.41) is 4.29. The predicted molar refractivity (Wildman–Crippen MR) is 115 cm³/mol. The number of para-hydroxylation sites is 1. The van der Waals surface area contributed by atoms with E-state index in [9.17, 15) is 4.79 Å². The second-order valence-corrected chi connectivity index (χ2v) is 9.38. The highest BCUT2D eigenvalue weighted by Crippen LogP contribution is 2.37. The van der Waals surface area contributed by atoms with Crippen LogP contribution >= 0.6 is 11.3 Å². The number of nitrogens with one attached hydrogen (secondary N) is 1. The fraction of sp³-hybridized carbons (Fsp3) is 0.636. The van der Waals surface area contributed by atoms with Crippen LogP contribution in [0, 0.1) is 11.8 Å². The van der Waals surface area contributed by atoms with Crippen LogP contribution in [0.15, 0.2) is 24.3 Å². The van der Waals surface area contributed by atoms with Gasteiger partial charge in [-0.15, -0.1) is 11.3 Å². The highest BCUT2D eigenvalue weighted by atomic mass is 32.1. The Kier molecular flexibility index (Phi) is 6.80. The summed E-state index contributed by atoms with van der Waals surface area (Å²) in [6, 6.07) is 8.23. The number of rotatable bonds is 8. The van der Waals surface area contributed by atoms with Gasteiger partial charge >= 0.3 is 0 Å². The number of likely N-dealkylation sites (tertiary alicyclic amines) is 1. The second-order valence-electron chi connectivity index (χ2n) is 8.27. The fourth-order valence-corrected chi connectivity index (χ4v) is 5.82. The third-order valence-electron chi connectivity index (χ3n) is 6.36. The summed E-state index contributed by atoms with van der Waals surface area (Å²) in [6.45, 7) is 3.98. The number of thiazole rings is 1. The molecule has 1 amide bonds. The number of hydrogen-bond acceptors (Lipinski definition) is 6. The molecule has 29 heavy (non-hydrogen) atoms. The van der Waals surface area contributed by atoms with Crippen LogP contribution in [-0.4, -0.2) is 68.4 Å². The lowest BCUT2D eigenvalue weighted by atomic mass is 9.77. The number of carbonyl (C=O) groups excluding carboxylic acids is 1. The van der Waals surface area contributed by atoms with Crippen molar-refractivity contribution >= 4 is 27.5 Å². The zero-order valence-corrected chi connectivity index (χ0v) is 18.1. The number of hydrogen-bond donors (Lipinski definition) is 1. The molecule has 2 aromatic rings. The lowest BCUT2D eigenvalue weighted by Gasteiger charge is -2.37. The van der Waals surface area contributed by atoms with Gasteiger partial charge in [-0.1, -0.05) is 12.1 Å². The van der Waals surface area contributed by atoms with Crippen molar-refractivity contribution < 1.29 is 14.3 Å². The van der Waals surface area contributed by atoms with Gasteiger partial charge < -0.3 is 19.7 Å². The van der Waals surface area contributed by atoms with Gasteiger partial charge in [0, 0.05) is 46.7 Å². The molecule has 1 aliphatic heterocycles. The minimum Gasteiger partial charge on any atom is -0.383 e. The molecular weight excluding hydrogens is 386 g/mol.